The number of nitrogens with one attached hydrogen (secondary N) is 1. The molecule has 0 unspecified atom stereocenters. The van der Waals surface area contributed by atoms with E-state index in [-0.39, 0.29) is 18.0 Å². The molecule has 8 heteroatoms. The molecule has 6 nitrogen and oxygen atoms in total. The number of hydrogen-bond acceptors (Lipinski definition) is 5. The highest BCUT2D eigenvalue weighted by Crippen LogP contribution is 2.24. The Morgan fingerprint density at radius 1 is 1.12 bits per heavy atom. The van der Waals surface area contributed by atoms with Gasteiger partial charge in [0.05, 0.1) is 22.9 Å². The average molecular weight is 380 g/mol. The molecule has 2 N–H and O–H groups in total. The van der Waals surface area contributed by atoms with E-state index in [1.165, 1.54) is 12.1 Å². The Morgan fingerprint density at radius 3 is 2.44 bits per heavy atom. The van der Waals surface area contributed by atoms with Gasteiger partial charge in [-0.3, -0.25) is 5.01 Å². The van der Waals surface area contributed by atoms with Crippen LogP contribution in [-0.2, 0) is 10.0 Å². The Bertz CT molecular complexity index is 865. The normalized spacial score (nSPS) is 14.6. The van der Waals surface area contributed by atoms with Gasteiger partial charge in [-0.1, -0.05) is 23.7 Å². The average Bonchev–Trinajstić information content (AvgIpc) is 3.11. The van der Waals surface area contributed by atoms with Gasteiger partial charge >= 0.3 is 0 Å². The Balaban J connectivity index is 1.76. The van der Waals surface area contributed by atoms with Crippen molar-refractivity contribution < 1.29 is 13.5 Å². The summed E-state index contributed by atoms with van der Waals surface area (Å²) in [5, 5.41) is 15.9. The topological polar surface area (TPSA) is 82.0 Å². The van der Waals surface area contributed by atoms with Crippen LogP contribution >= 0.6 is 11.6 Å². The molecule has 0 bridgehead atoms. The highest BCUT2D eigenvalue weighted by molar-refractivity contribution is 7.89. The van der Waals surface area contributed by atoms with Gasteiger partial charge in [0.25, 0.3) is 0 Å². The third-order valence-electron chi connectivity index (χ3n) is 3.83. The van der Waals surface area contributed by atoms with E-state index in [1.807, 2.05) is 29.3 Å². The van der Waals surface area contributed by atoms with Gasteiger partial charge in [0.2, 0.25) is 10.0 Å². The predicted molar refractivity (Wildman–Crippen MR) is 98.7 cm³/mol. The van der Waals surface area contributed by atoms with Crippen molar-refractivity contribution in [1.29, 1.82) is 0 Å². The summed E-state index contributed by atoms with van der Waals surface area (Å²) >= 11 is 5.91. The van der Waals surface area contributed by atoms with Crippen molar-refractivity contribution in [3.63, 3.8) is 0 Å². The summed E-state index contributed by atoms with van der Waals surface area (Å²) in [6, 6.07) is 14.1. The fourth-order valence-electron chi connectivity index (χ4n) is 2.55. The molecule has 1 heterocycles. The Hall–Kier alpha value is -1.93. The number of nitrogens with zero attached hydrogens (tertiary/aromatic N) is 2. The van der Waals surface area contributed by atoms with Crippen LogP contribution in [0.15, 0.2) is 58.5 Å². The van der Waals surface area contributed by atoms with E-state index in [0.717, 1.165) is 29.9 Å². The molecular weight excluding hydrogens is 362 g/mol. The Labute approximate surface area is 151 Å². The summed E-state index contributed by atoms with van der Waals surface area (Å²) in [6.45, 7) is 0.477. The SMILES string of the molecule is O=S(=O)(NCCO)c1ccc(N2CCC(c3ccc(Cl)cc3)=N2)cc1. The molecule has 0 atom stereocenters. The highest BCUT2D eigenvalue weighted by atomic mass is 35.5. The highest BCUT2D eigenvalue weighted by Gasteiger charge is 2.19. The number of anilines is 1. The number of benzene rings is 2. The van der Waals surface area contributed by atoms with Crippen LogP contribution in [0.5, 0.6) is 0 Å². The summed E-state index contributed by atoms with van der Waals surface area (Å²) in [4.78, 5) is 0.158. The zero-order valence-corrected chi connectivity index (χ0v) is 15.0. The van der Waals surface area contributed by atoms with Crippen molar-refractivity contribution in [3.8, 4) is 0 Å². The van der Waals surface area contributed by atoms with E-state index in [9.17, 15) is 8.42 Å². The summed E-state index contributed by atoms with van der Waals surface area (Å²) in [7, 11) is -3.60. The van der Waals surface area contributed by atoms with Gasteiger partial charge in [0.15, 0.2) is 0 Å². The molecule has 2 aromatic rings. The molecule has 3 rings (SSSR count). The van der Waals surface area contributed by atoms with Crippen LogP contribution in [-0.4, -0.2) is 38.9 Å². The molecule has 0 aromatic heterocycles. The second-order valence-corrected chi connectivity index (χ2v) is 7.75. The van der Waals surface area contributed by atoms with Gasteiger partial charge in [-0.15, -0.1) is 0 Å². The van der Waals surface area contributed by atoms with E-state index in [1.54, 1.807) is 12.1 Å². The van der Waals surface area contributed by atoms with Crippen molar-refractivity contribution >= 4 is 33.0 Å². The van der Waals surface area contributed by atoms with Gasteiger partial charge in [-0.05, 0) is 42.0 Å². The molecule has 2 aromatic carbocycles. The molecule has 0 amide bonds. The van der Waals surface area contributed by atoms with Crippen molar-refractivity contribution in [2.24, 2.45) is 5.10 Å². The fraction of sp³-hybridized carbons (Fsp3) is 0.235. The van der Waals surface area contributed by atoms with E-state index in [0.29, 0.717) is 5.02 Å². The molecule has 25 heavy (non-hydrogen) atoms. The Morgan fingerprint density at radius 2 is 1.80 bits per heavy atom. The minimum Gasteiger partial charge on any atom is -0.395 e. The van der Waals surface area contributed by atoms with Crippen LogP contribution < -0.4 is 9.73 Å². The number of aliphatic hydroxyl groups excluding tert-OH is 1. The second-order valence-electron chi connectivity index (χ2n) is 5.54. The molecule has 0 spiro atoms. The molecule has 0 radical (unpaired) electrons. The first kappa shape index (κ1) is 17.9. The molecule has 0 saturated carbocycles. The van der Waals surface area contributed by atoms with Crippen LogP contribution in [0.2, 0.25) is 5.02 Å². The lowest BCUT2D eigenvalue weighted by molar-refractivity contribution is 0.301. The van der Waals surface area contributed by atoms with Gasteiger partial charge in [-0.25, -0.2) is 13.1 Å². The molecule has 0 fully saturated rings. The van der Waals surface area contributed by atoms with Crippen molar-refractivity contribution in [2.45, 2.75) is 11.3 Å². The van der Waals surface area contributed by atoms with E-state index < -0.39 is 10.0 Å². The van der Waals surface area contributed by atoms with Crippen LogP contribution in [0.25, 0.3) is 0 Å². The standard InChI is InChI=1S/C17H18ClN3O3S/c18-14-3-1-13(2-4-14)17-9-11-21(20-17)15-5-7-16(8-6-15)25(23,24)19-10-12-22/h1-8,19,22H,9-12H2. The largest absolute Gasteiger partial charge is 0.395 e. The first-order valence-corrected chi connectivity index (χ1v) is 9.67. The number of sulfonamides is 1. The first-order chi connectivity index (χ1) is 12.0. The molecule has 0 aliphatic carbocycles. The van der Waals surface area contributed by atoms with E-state index in [2.05, 4.69) is 9.82 Å². The van der Waals surface area contributed by atoms with E-state index in [4.69, 9.17) is 16.7 Å². The zero-order valence-electron chi connectivity index (χ0n) is 13.4. The zero-order chi connectivity index (χ0) is 17.9. The van der Waals surface area contributed by atoms with Crippen LogP contribution in [0.1, 0.15) is 12.0 Å². The molecular formula is C17H18ClN3O3S. The summed E-state index contributed by atoms with van der Waals surface area (Å²) in [5.41, 5.74) is 2.82. The second kappa shape index (κ2) is 7.53. The lowest BCUT2D eigenvalue weighted by Crippen LogP contribution is -2.26. The molecule has 0 saturated heterocycles. The van der Waals surface area contributed by atoms with E-state index >= 15 is 0 Å². The monoisotopic (exact) mass is 379 g/mol. The number of hydrogen-bond donors (Lipinski definition) is 2. The smallest absolute Gasteiger partial charge is 0.240 e. The maximum absolute atomic E-state index is 12.0. The molecule has 132 valence electrons. The van der Waals surface area contributed by atoms with Crippen LogP contribution in [0.4, 0.5) is 5.69 Å². The van der Waals surface area contributed by atoms with Crippen molar-refractivity contribution in [2.75, 3.05) is 24.7 Å². The fourth-order valence-corrected chi connectivity index (χ4v) is 3.70. The molecule has 1 aliphatic rings. The maximum Gasteiger partial charge on any atom is 0.240 e. The minimum absolute atomic E-state index is 0.00897. The number of halogens is 1. The third-order valence-corrected chi connectivity index (χ3v) is 5.56. The van der Waals surface area contributed by atoms with Gasteiger partial charge in [0.1, 0.15) is 0 Å². The van der Waals surface area contributed by atoms with Gasteiger partial charge < -0.3 is 5.11 Å². The van der Waals surface area contributed by atoms with Gasteiger partial charge in [-0.2, -0.15) is 5.10 Å². The predicted octanol–water partition coefficient (Wildman–Crippen LogP) is 2.22. The van der Waals surface area contributed by atoms with Crippen molar-refractivity contribution in [1.82, 2.24) is 4.72 Å². The number of aliphatic hydroxyl groups is 1. The minimum atomic E-state index is -3.60. The van der Waals surface area contributed by atoms with Crippen LogP contribution in [0, 0.1) is 0 Å². The van der Waals surface area contributed by atoms with Crippen LogP contribution in [0.3, 0.4) is 0 Å². The quantitative estimate of drug-likeness (QED) is 0.806. The van der Waals surface area contributed by atoms with Gasteiger partial charge in [0, 0.05) is 24.5 Å². The summed E-state index contributed by atoms with van der Waals surface area (Å²) in [6.07, 6.45) is 0.805. The summed E-state index contributed by atoms with van der Waals surface area (Å²) < 4.78 is 26.3. The van der Waals surface area contributed by atoms with Crippen molar-refractivity contribution in [3.05, 3.63) is 59.1 Å². The molecule has 1 aliphatic heterocycles. The summed E-state index contributed by atoms with van der Waals surface area (Å²) in [5.74, 6) is 0. The Kier molecular flexibility index (Phi) is 5.39. The lowest BCUT2D eigenvalue weighted by Gasteiger charge is -2.14. The maximum atomic E-state index is 12.0. The lowest BCUT2D eigenvalue weighted by atomic mass is 10.1. The first-order valence-electron chi connectivity index (χ1n) is 7.81. The third kappa shape index (κ3) is 4.19. The number of rotatable bonds is 6. The number of hydrazone groups is 1.